The first-order valence-electron chi connectivity index (χ1n) is 12.7. The number of para-hydroxylation sites is 1. The molecule has 42 heavy (non-hydrogen) atoms. The van der Waals surface area contributed by atoms with Gasteiger partial charge in [0.15, 0.2) is 5.82 Å². The average Bonchev–Trinajstić information content (AvgIpc) is 3.63. The van der Waals surface area contributed by atoms with E-state index in [0.717, 1.165) is 5.56 Å². The summed E-state index contributed by atoms with van der Waals surface area (Å²) in [5, 5.41) is 26.8. The minimum atomic E-state index is -0.834. The van der Waals surface area contributed by atoms with Crippen LogP contribution < -0.4 is 15.6 Å². The fraction of sp³-hybridized carbons (Fsp3) is 0.0968. The molecule has 206 valence electrons. The Hall–Kier alpha value is -5.65. The molecule has 1 saturated heterocycles. The standard InChI is InChI=1S/C31H23N7O3S/c1-18-11-13-21(14-12-18)36-37-28-31(40)42-30(38(28)22-8-5-4-6-9-22)24(17-33)29(39)35-27-23(16-32)26(19(2)20(3)34-27)25-10-7-15-41-25/h4-15,36H,1-3H3,(H,34,35,39)/b30-24+,37-28+. The Bertz CT molecular complexity index is 1830. The van der Waals surface area contributed by atoms with Gasteiger partial charge in [0.25, 0.3) is 11.0 Å². The van der Waals surface area contributed by atoms with Crippen LogP contribution in [0.1, 0.15) is 22.4 Å². The highest BCUT2D eigenvalue weighted by atomic mass is 32.2. The van der Waals surface area contributed by atoms with Gasteiger partial charge < -0.3 is 9.73 Å². The fourth-order valence-corrected chi connectivity index (χ4v) is 5.20. The summed E-state index contributed by atoms with van der Waals surface area (Å²) in [6.45, 7) is 5.51. The molecule has 0 atom stereocenters. The number of nitrogens with one attached hydrogen (secondary N) is 2. The lowest BCUT2D eigenvalue weighted by molar-refractivity contribution is -0.112. The number of furan rings is 1. The van der Waals surface area contributed by atoms with Crippen molar-refractivity contribution >= 4 is 45.8 Å². The van der Waals surface area contributed by atoms with Crippen molar-refractivity contribution in [3.8, 4) is 23.5 Å². The van der Waals surface area contributed by atoms with Crippen LogP contribution >= 0.6 is 11.8 Å². The minimum Gasteiger partial charge on any atom is -0.464 e. The second-order valence-electron chi connectivity index (χ2n) is 9.23. The molecule has 0 spiro atoms. The lowest BCUT2D eigenvalue weighted by Crippen LogP contribution is -2.29. The minimum absolute atomic E-state index is 0.00977. The van der Waals surface area contributed by atoms with Crippen molar-refractivity contribution in [3.05, 3.63) is 106 Å². The lowest BCUT2D eigenvalue weighted by atomic mass is 10.00. The number of amides is 1. The van der Waals surface area contributed by atoms with E-state index in [-0.39, 0.29) is 27.8 Å². The quantitative estimate of drug-likeness (QED) is 0.161. The summed E-state index contributed by atoms with van der Waals surface area (Å²) in [4.78, 5) is 32.7. The number of carbonyl (C=O) groups excluding carboxylic acids is 2. The van der Waals surface area contributed by atoms with Crippen LogP contribution in [0.2, 0.25) is 0 Å². The Kier molecular flexibility index (Phi) is 7.87. The topological polar surface area (TPSA) is 147 Å². The SMILES string of the molecule is Cc1ccc(N/N=C2\C(=O)S/C(=C(\C#N)C(=O)Nc3nc(C)c(C)c(-c4ccco4)c3C#N)N2c2ccccc2)cc1. The second-order valence-corrected chi connectivity index (χ2v) is 10.2. The van der Waals surface area contributed by atoms with Crippen LogP contribution in [0.25, 0.3) is 11.3 Å². The molecule has 1 aliphatic heterocycles. The number of hydrazone groups is 1. The van der Waals surface area contributed by atoms with Crippen molar-refractivity contribution < 1.29 is 14.0 Å². The van der Waals surface area contributed by atoms with Gasteiger partial charge in [0, 0.05) is 16.9 Å². The molecule has 3 heterocycles. The first-order chi connectivity index (χ1) is 20.3. The van der Waals surface area contributed by atoms with E-state index in [1.807, 2.05) is 43.3 Å². The number of thioether (sulfide) groups is 1. The van der Waals surface area contributed by atoms with Gasteiger partial charge in [0.05, 0.1) is 12.0 Å². The zero-order valence-electron chi connectivity index (χ0n) is 22.8. The van der Waals surface area contributed by atoms with E-state index >= 15 is 0 Å². The summed E-state index contributed by atoms with van der Waals surface area (Å²) in [6, 6.07) is 23.7. The highest BCUT2D eigenvalue weighted by Crippen LogP contribution is 2.38. The highest BCUT2D eigenvalue weighted by Gasteiger charge is 2.39. The predicted molar refractivity (Wildman–Crippen MR) is 161 cm³/mol. The summed E-state index contributed by atoms with van der Waals surface area (Å²) in [6.07, 6.45) is 1.49. The van der Waals surface area contributed by atoms with Crippen LogP contribution in [-0.2, 0) is 9.59 Å². The van der Waals surface area contributed by atoms with E-state index in [2.05, 4.69) is 26.9 Å². The molecule has 0 unspecified atom stereocenters. The number of pyridine rings is 1. The van der Waals surface area contributed by atoms with E-state index < -0.39 is 11.0 Å². The number of nitrogens with zero attached hydrogens (tertiary/aromatic N) is 5. The van der Waals surface area contributed by atoms with Gasteiger partial charge >= 0.3 is 0 Å². The highest BCUT2D eigenvalue weighted by molar-refractivity contribution is 8.19. The van der Waals surface area contributed by atoms with E-state index in [4.69, 9.17) is 4.42 Å². The molecule has 2 aromatic carbocycles. The third kappa shape index (κ3) is 5.37. The van der Waals surface area contributed by atoms with Gasteiger partial charge in [-0.15, -0.1) is 0 Å². The van der Waals surface area contributed by atoms with Crippen molar-refractivity contribution in [2.45, 2.75) is 20.8 Å². The summed E-state index contributed by atoms with van der Waals surface area (Å²) in [5.74, 6) is -0.428. The maximum Gasteiger partial charge on any atom is 0.270 e. The number of rotatable bonds is 6. The molecule has 2 aromatic heterocycles. The molecule has 1 aliphatic rings. The van der Waals surface area contributed by atoms with Gasteiger partial charge in [-0.05, 0) is 74.5 Å². The van der Waals surface area contributed by atoms with E-state index in [1.165, 1.54) is 11.2 Å². The van der Waals surface area contributed by atoms with Crippen molar-refractivity contribution in [3.63, 3.8) is 0 Å². The largest absolute Gasteiger partial charge is 0.464 e. The van der Waals surface area contributed by atoms with Gasteiger partial charge in [-0.25, -0.2) is 4.98 Å². The first kappa shape index (κ1) is 27.9. The van der Waals surface area contributed by atoms with Crippen molar-refractivity contribution in [1.29, 1.82) is 10.5 Å². The molecular formula is C31H23N7O3S. The zero-order chi connectivity index (χ0) is 29.8. The molecule has 11 heteroatoms. The van der Waals surface area contributed by atoms with Crippen LogP contribution in [0.4, 0.5) is 17.2 Å². The van der Waals surface area contributed by atoms with Crippen LogP contribution in [0, 0.1) is 43.4 Å². The molecule has 2 N–H and O–H groups in total. The van der Waals surface area contributed by atoms with Gasteiger partial charge in [0.2, 0.25) is 5.84 Å². The van der Waals surface area contributed by atoms with Crippen LogP contribution in [-0.4, -0.2) is 21.8 Å². The Morgan fingerprint density at radius 2 is 1.76 bits per heavy atom. The molecule has 0 saturated carbocycles. The normalized spacial score (nSPS) is 14.8. The molecule has 5 rings (SSSR count). The number of amidine groups is 1. The molecule has 0 radical (unpaired) electrons. The van der Waals surface area contributed by atoms with E-state index in [9.17, 15) is 20.1 Å². The molecule has 10 nitrogen and oxygen atoms in total. The molecule has 0 bridgehead atoms. The fourth-order valence-electron chi connectivity index (χ4n) is 4.28. The lowest BCUT2D eigenvalue weighted by Gasteiger charge is -2.20. The van der Waals surface area contributed by atoms with Gasteiger partial charge in [-0.2, -0.15) is 15.6 Å². The molecular weight excluding hydrogens is 550 g/mol. The Morgan fingerprint density at radius 1 is 1.02 bits per heavy atom. The first-order valence-corrected chi connectivity index (χ1v) is 13.5. The number of aromatic nitrogens is 1. The second kappa shape index (κ2) is 11.8. The monoisotopic (exact) mass is 573 g/mol. The zero-order valence-corrected chi connectivity index (χ0v) is 23.6. The summed E-state index contributed by atoms with van der Waals surface area (Å²) in [5.41, 5.74) is 6.65. The number of anilines is 3. The number of hydrogen-bond donors (Lipinski definition) is 2. The van der Waals surface area contributed by atoms with Gasteiger partial charge in [-0.3, -0.25) is 19.9 Å². The number of aryl methyl sites for hydroxylation is 2. The summed E-state index contributed by atoms with van der Waals surface area (Å²) in [7, 11) is 0. The smallest absolute Gasteiger partial charge is 0.270 e. The van der Waals surface area contributed by atoms with Crippen molar-refractivity contribution in [2.24, 2.45) is 5.10 Å². The molecule has 4 aromatic rings. The Morgan fingerprint density at radius 3 is 2.40 bits per heavy atom. The van der Waals surface area contributed by atoms with Gasteiger partial charge in [0.1, 0.15) is 34.1 Å². The van der Waals surface area contributed by atoms with Crippen molar-refractivity contribution in [2.75, 3.05) is 15.6 Å². The maximum atomic E-state index is 13.6. The average molecular weight is 574 g/mol. The summed E-state index contributed by atoms with van der Waals surface area (Å²) >= 11 is 0.715. The molecule has 1 amide bonds. The third-order valence-corrected chi connectivity index (χ3v) is 7.44. The summed E-state index contributed by atoms with van der Waals surface area (Å²) < 4.78 is 5.54. The van der Waals surface area contributed by atoms with Crippen LogP contribution in [0.3, 0.4) is 0 Å². The van der Waals surface area contributed by atoms with E-state index in [0.29, 0.717) is 45.7 Å². The van der Waals surface area contributed by atoms with Crippen LogP contribution in [0.15, 0.2) is 93.1 Å². The maximum absolute atomic E-state index is 13.6. The van der Waals surface area contributed by atoms with E-state index in [1.54, 1.807) is 50.2 Å². The molecule has 1 fully saturated rings. The number of benzene rings is 2. The van der Waals surface area contributed by atoms with Crippen LogP contribution in [0.5, 0.6) is 0 Å². The number of carbonyl (C=O) groups is 2. The number of nitriles is 2. The van der Waals surface area contributed by atoms with Crippen molar-refractivity contribution in [1.82, 2.24) is 4.98 Å². The predicted octanol–water partition coefficient (Wildman–Crippen LogP) is 6.02. The Labute approximate surface area is 246 Å². The molecule has 0 aliphatic carbocycles. The Balaban J connectivity index is 1.57. The number of hydrogen-bond acceptors (Lipinski definition) is 9. The van der Waals surface area contributed by atoms with Gasteiger partial charge in [-0.1, -0.05) is 35.9 Å². The third-order valence-electron chi connectivity index (χ3n) is 6.49.